The van der Waals surface area contributed by atoms with Crippen molar-refractivity contribution < 1.29 is 0 Å². The summed E-state index contributed by atoms with van der Waals surface area (Å²) >= 11 is 1.67. The minimum absolute atomic E-state index is 0.315. The number of aromatic nitrogens is 2. The zero-order valence-corrected chi connectivity index (χ0v) is 15.1. The van der Waals surface area contributed by atoms with Crippen LogP contribution in [-0.4, -0.2) is 9.55 Å². The molecular weight excluding hydrogens is 326 g/mol. The molecule has 2 heterocycles. The fourth-order valence-electron chi connectivity index (χ4n) is 3.08. The van der Waals surface area contributed by atoms with Crippen LogP contribution in [0.3, 0.4) is 0 Å². The lowest BCUT2D eigenvalue weighted by atomic mass is 10.0. The highest BCUT2D eigenvalue weighted by molar-refractivity contribution is 7.07. The minimum Gasteiger partial charge on any atom is -0.314 e. The highest BCUT2D eigenvalue weighted by Gasteiger charge is 2.13. The van der Waals surface area contributed by atoms with Gasteiger partial charge < -0.3 is 4.57 Å². The van der Waals surface area contributed by atoms with Crippen LogP contribution < -0.4 is 4.80 Å². The Labute approximate surface area is 151 Å². The summed E-state index contributed by atoms with van der Waals surface area (Å²) in [6.07, 6.45) is 3.56. The first-order valence-electron chi connectivity index (χ1n) is 8.37. The fraction of sp³-hybridized carbons (Fsp3) is 0.143. The van der Waals surface area contributed by atoms with Crippen molar-refractivity contribution in [3.05, 3.63) is 77.2 Å². The quantitative estimate of drug-likeness (QED) is 0.477. The normalized spacial score (nSPS) is 12.2. The molecule has 0 atom stereocenters. The Morgan fingerprint density at radius 3 is 2.64 bits per heavy atom. The van der Waals surface area contributed by atoms with E-state index in [2.05, 4.69) is 71.2 Å². The minimum atomic E-state index is 0.315. The summed E-state index contributed by atoms with van der Waals surface area (Å²) in [5.74, 6) is 0. The van der Waals surface area contributed by atoms with Crippen LogP contribution in [-0.2, 0) is 0 Å². The van der Waals surface area contributed by atoms with Crippen LogP contribution in [0.25, 0.3) is 22.0 Å². The molecule has 0 bridgehead atoms. The van der Waals surface area contributed by atoms with Gasteiger partial charge in [-0.1, -0.05) is 42.5 Å². The van der Waals surface area contributed by atoms with Crippen LogP contribution in [0.5, 0.6) is 0 Å². The summed E-state index contributed by atoms with van der Waals surface area (Å²) in [6.45, 7) is 4.40. The maximum Gasteiger partial charge on any atom is 0.190 e. The molecule has 0 saturated heterocycles. The van der Waals surface area contributed by atoms with E-state index in [-0.39, 0.29) is 0 Å². The van der Waals surface area contributed by atoms with Crippen LogP contribution in [0.1, 0.15) is 19.9 Å². The molecule has 0 aliphatic rings. The molecule has 0 radical (unpaired) electrons. The average molecular weight is 345 g/mol. The van der Waals surface area contributed by atoms with Crippen molar-refractivity contribution in [2.45, 2.75) is 19.9 Å². The average Bonchev–Trinajstić information content (AvgIpc) is 3.05. The van der Waals surface area contributed by atoms with E-state index in [1.807, 2.05) is 12.1 Å². The van der Waals surface area contributed by atoms with E-state index in [4.69, 9.17) is 4.99 Å². The molecule has 4 heteroatoms. The SMILES string of the molecule is CC(C)n1c(-c2cccc3ccccc23)csc1=Nc1cccnc1. The van der Waals surface area contributed by atoms with Gasteiger partial charge in [0.05, 0.1) is 17.6 Å². The lowest BCUT2D eigenvalue weighted by Crippen LogP contribution is -2.17. The number of nitrogens with zero attached hydrogens (tertiary/aromatic N) is 3. The van der Waals surface area contributed by atoms with Crippen LogP contribution in [0, 0.1) is 0 Å². The standard InChI is InChI=1S/C21H19N3S/c1-15(2)24-20(14-25-21(24)23-17-9-6-12-22-13-17)19-11-5-8-16-7-3-4-10-18(16)19/h3-15H,1-2H3. The molecule has 0 saturated carbocycles. The summed E-state index contributed by atoms with van der Waals surface area (Å²) in [7, 11) is 0. The maximum atomic E-state index is 4.81. The van der Waals surface area contributed by atoms with Crippen molar-refractivity contribution in [3.63, 3.8) is 0 Å². The van der Waals surface area contributed by atoms with Gasteiger partial charge in [0.1, 0.15) is 0 Å². The number of hydrogen-bond acceptors (Lipinski definition) is 3. The lowest BCUT2D eigenvalue weighted by Gasteiger charge is -2.14. The molecule has 2 aromatic carbocycles. The molecule has 25 heavy (non-hydrogen) atoms. The van der Waals surface area contributed by atoms with Crippen molar-refractivity contribution in [2.75, 3.05) is 0 Å². The van der Waals surface area contributed by atoms with Crippen LogP contribution in [0.4, 0.5) is 5.69 Å². The van der Waals surface area contributed by atoms with Gasteiger partial charge in [-0.3, -0.25) is 4.98 Å². The molecular formula is C21H19N3S. The number of rotatable bonds is 3. The van der Waals surface area contributed by atoms with Crippen molar-refractivity contribution in [1.29, 1.82) is 0 Å². The van der Waals surface area contributed by atoms with Gasteiger partial charge >= 0.3 is 0 Å². The first kappa shape index (κ1) is 15.8. The Hall–Kier alpha value is -2.72. The monoisotopic (exact) mass is 345 g/mol. The molecule has 124 valence electrons. The van der Waals surface area contributed by atoms with Crippen molar-refractivity contribution in [2.24, 2.45) is 4.99 Å². The zero-order valence-electron chi connectivity index (χ0n) is 14.3. The Morgan fingerprint density at radius 2 is 1.84 bits per heavy atom. The molecule has 4 rings (SSSR count). The predicted molar refractivity (Wildman–Crippen MR) is 105 cm³/mol. The van der Waals surface area contributed by atoms with Crippen LogP contribution >= 0.6 is 11.3 Å². The highest BCUT2D eigenvalue weighted by atomic mass is 32.1. The van der Waals surface area contributed by atoms with Gasteiger partial charge in [-0.15, -0.1) is 11.3 Å². The molecule has 2 aromatic heterocycles. The largest absolute Gasteiger partial charge is 0.314 e. The van der Waals surface area contributed by atoms with Gasteiger partial charge in [0.25, 0.3) is 0 Å². The first-order valence-corrected chi connectivity index (χ1v) is 9.25. The molecule has 0 aliphatic heterocycles. The third kappa shape index (κ3) is 3.01. The first-order chi connectivity index (χ1) is 12.2. The number of benzene rings is 2. The van der Waals surface area contributed by atoms with E-state index in [1.165, 1.54) is 22.0 Å². The predicted octanol–water partition coefficient (Wildman–Crippen LogP) is 5.58. The second-order valence-electron chi connectivity index (χ2n) is 6.22. The van der Waals surface area contributed by atoms with E-state index in [9.17, 15) is 0 Å². The summed E-state index contributed by atoms with van der Waals surface area (Å²) in [4.78, 5) is 9.96. The van der Waals surface area contributed by atoms with Crippen LogP contribution in [0.15, 0.2) is 77.4 Å². The molecule has 0 aliphatic carbocycles. The van der Waals surface area contributed by atoms with Gasteiger partial charge in [-0.05, 0) is 36.8 Å². The smallest absolute Gasteiger partial charge is 0.190 e. The topological polar surface area (TPSA) is 30.2 Å². The van der Waals surface area contributed by atoms with E-state index >= 15 is 0 Å². The second kappa shape index (κ2) is 6.65. The Bertz CT molecular complexity index is 1070. The molecule has 4 aromatic rings. The Morgan fingerprint density at radius 1 is 1.00 bits per heavy atom. The summed E-state index contributed by atoms with van der Waals surface area (Å²) in [6, 6.07) is 19.2. The van der Waals surface area contributed by atoms with Crippen molar-refractivity contribution in [1.82, 2.24) is 9.55 Å². The number of hydrogen-bond donors (Lipinski definition) is 0. The third-order valence-electron chi connectivity index (χ3n) is 4.19. The Kier molecular flexibility index (Phi) is 4.20. The van der Waals surface area contributed by atoms with Gasteiger partial charge in [0.15, 0.2) is 4.80 Å². The molecule has 0 amide bonds. The summed E-state index contributed by atoms with van der Waals surface area (Å²) in [5.41, 5.74) is 3.33. The van der Waals surface area contributed by atoms with Gasteiger partial charge in [0, 0.05) is 23.2 Å². The van der Waals surface area contributed by atoms with Crippen molar-refractivity contribution in [3.8, 4) is 11.3 Å². The van der Waals surface area contributed by atoms with Crippen LogP contribution in [0.2, 0.25) is 0 Å². The lowest BCUT2D eigenvalue weighted by molar-refractivity contribution is 0.591. The third-order valence-corrected chi connectivity index (χ3v) is 5.03. The second-order valence-corrected chi connectivity index (χ2v) is 7.05. The number of pyridine rings is 1. The maximum absolute atomic E-state index is 4.81. The molecule has 0 spiro atoms. The molecule has 0 fully saturated rings. The van der Waals surface area contributed by atoms with E-state index in [1.54, 1.807) is 23.7 Å². The van der Waals surface area contributed by atoms with Gasteiger partial charge in [-0.2, -0.15) is 0 Å². The Balaban J connectivity index is 1.96. The highest BCUT2D eigenvalue weighted by Crippen LogP contribution is 2.30. The van der Waals surface area contributed by atoms with Gasteiger partial charge in [0.2, 0.25) is 0 Å². The number of thiazole rings is 1. The molecule has 0 N–H and O–H groups in total. The zero-order chi connectivity index (χ0) is 17.2. The number of fused-ring (bicyclic) bond motifs is 1. The van der Waals surface area contributed by atoms with E-state index in [0.717, 1.165) is 10.5 Å². The van der Waals surface area contributed by atoms with Gasteiger partial charge in [-0.25, -0.2) is 4.99 Å². The van der Waals surface area contributed by atoms with E-state index < -0.39 is 0 Å². The summed E-state index contributed by atoms with van der Waals surface area (Å²) in [5, 5.41) is 4.73. The fourth-order valence-corrected chi connectivity index (χ4v) is 4.12. The van der Waals surface area contributed by atoms with E-state index in [0.29, 0.717) is 6.04 Å². The van der Waals surface area contributed by atoms with Crippen molar-refractivity contribution >= 4 is 27.8 Å². The molecule has 3 nitrogen and oxygen atoms in total. The summed E-state index contributed by atoms with van der Waals surface area (Å²) < 4.78 is 2.30. The molecule has 0 unspecified atom stereocenters.